The summed E-state index contributed by atoms with van der Waals surface area (Å²) in [7, 11) is -5.73. The van der Waals surface area contributed by atoms with E-state index in [1.165, 1.54) is 37.5 Å². The predicted molar refractivity (Wildman–Crippen MR) is 100 cm³/mol. The van der Waals surface area contributed by atoms with E-state index in [1.807, 2.05) is 22.6 Å². The molecule has 0 saturated heterocycles. The number of benzene rings is 1. The van der Waals surface area contributed by atoms with Crippen LogP contribution in [0.25, 0.3) is 0 Å². The van der Waals surface area contributed by atoms with Gasteiger partial charge in [-0.3, -0.25) is 4.79 Å². The zero-order chi connectivity index (χ0) is 19.8. The van der Waals surface area contributed by atoms with Crippen LogP contribution in [0, 0.1) is 3.57 Å². The van der Waals surface area contributed by atoms with Crippen LogP contribution in [0.4, 0.5) is 13.2 Å². The maximum absolute atomic E-state index is 12.3. The highest BCUT2D eigenvalue weighted by Crippen LogP contribution is 2.24. The molecule has 10 heteroatoms. The molecule has 0 aliphatic rings. The van der Waals surface area contributed by atoms with Crippen LogP contribution in [0.3, 0.4) is 0 Å². The first-order valence-electron chi connectivity index (χ1n) is 8.14. The van der Waals surface area contributed by atoms with Crippen molar-refractivity contribution in [2.24, 2.45) is 0 Å². The molecule has 26 heavy (non-hydrogen) atoms. The maximum Gasteiger partial charge on any atom is 0.516 e. The maximum atomic E-state index is 12.3. The number of sulfonamides is 1. The summed E-state index contributed by atoms with van der Waals surface area (Å²) in [6.45, 7) is 2.64. The van der Waals surface area contributed by atoms with Crippen molar-refractivity contribution in [3.8, 4) is 5.75 Å². The van der Waals surface area contributed by atoms with Gasteiger partial charge in [-0.1, -0.05) is 39.0 Å². The second-order valence-corrected chi connectivity index (χ2v) is 8.48. The van der Waals surface area contributed by atoms with Gasteiger partial charge < -0.3 is 4.74 Å². The lowest BCUT2D eigenvalue weighted by Crippen LogP contribution is -2.40. The van der Waals surface area contributed by atoms with Crippen LogP contribution in [-0.4, -0.2) is 26.4 Å². The number of unbranched alkanes of at least 4 members (excludes halogenated alkanes) is 5. The number of halogens is 4. The first-order chi connectivity index (χ1) is 12.1. The summed E-state index contributed by atoms with van der Waals surface area (Å²) >= 11 is 1.88. The van der Waals surface area contributed by atoms with Crippen LogP contribution >= 0.6 is 22.6 Å². The third-order valence-electron chi connectivity index (χ3n) is 3.48. The van der Waals surface area contributed by atoms with Gasteiger partial charge in [0.25, 0.3) is 5.91 Å². The van der Waals surface area contributed by atoms with Gasteiger partial charge in [-0.25, -0.2) is 4.72 Å². The van der Waals surface area contributed by atoms with Crippen molar-refractivity contribution in [2.45, 2.75) is 51.0 Å². The quantitative estimate of drug-likeness (QED) is 0.371. The zero-order valence-electron chi connectivity index (χ0n) is 14.2. The van der Waals surface area contributed by atoms with Gasteiger partial charge in [0, 0.05) is 5.56 Å². The highest BCUT2D eigenvalue weighted by molar-refractivity contribution is 14.1. The number of nitrogens with one attached hydrogen (secondary N) is 1. The molecular formula is C16H21F3INO4S. The average molecular weight is 507 g/mol. The molecule has 0 heterocycles. The molecule has 0 radical (unpaired) electrons. The molecule has 0 bridgehead atoms. The van der Waals surface area contributed by atoms with Crippen LogP contribution in [0.1, 0.15) is 55.8 Å². The standard InChI is InChI=1S/C16H21F3INO4S/c1-2-3-4-5-6-7-10-25-14-9-8-12(11-13(14)20)15(22)21-26(23,24)16(17,18)19/h8-9,11H,2-7,10H2,1H3,(H,21,22). The molecular weight excluding hydrogens is 486 g/mol. The van der Waals surface area contributed by atoms with Crippen molar-refractivity contribution >= 4 is 38.5 Å². The Kier molecular flexibility index (Phi) is 9.14. The van der Waals surface area contributed by atoms with Gasteiger partial charge in [0.15, 0.2) is 0 Å². The molecule has 0 unspecified atom stereocenters. The second kappa shape index (κ2) is 10.3. The van der Waals surface area contributed by atoms with Crippen LogP contribution in [-0.2, 0) is 10.0 Å². The number of amides is 1. The molecule has 0 aliphatic heterocycles. The van der Waals surface area contributed by atoms with Gasteiger partial charge in [-0.15, -0.1) is 0 Å². The normalized spacial score (nSPS) is 12.0. The fraction of sp³-hybridized carbons (Fsp3) is 0.562. The van der Waals surface area contributed by atoms with Crippen molar-refractivity contribution in [1.82, 2.24) is 4.72 Å². The lowest BCUT2D eigenvalue weighted by Gasteiger charge is -2.11. The summed E-state index contributed by atoms with van der Waals surface area (Å²) in [5.74, 6) is -0.850. The predicted octanol–water partition coefficient (Wildman–Crippen LogP) is 4.61. The van der Waals surface area contributed by atoms with E-state index in [4.69, 9.17) is 4.74 Å². The fourth-order valence-electron chi connectivity index (χ4n) is 2.06. The van der Waals surface area contributed by atoms with Crippen molar-refractivity contribution in [2.75, 3.05) is 6.61 Å². The third-order valence-corrected chi connectivity index (χ3v) is 5.39. The van der Waals surface area contributed by atoms with E-state index < -0.39 is 21.4 Å². The Balaban J connectivity index is 2.57. The monoisotopic (exact) mass is 507 g/mol. The Hall–Kier alpha value is -1.04. The summed E-state index contributed by atoms with van der Waals surface area (Å²) in [6.07, 6.45) is 6.66. The highest BCUT2D eigenvalue weighted by atomic mass is 127. The number of alkyl halides is 3. The minimum atomic E-state index is -5.73. The number of hydrogen-bond donors (Lipinski definition) is 1. The van der Waals surface area contributed by atoms with Gasteiger partial charge >= 0.3 is 15.5 Å². The summed E-state index contributed by atoms with van der Waals surface area (Å²) in [4.78, 5) is 11.7. The molecule has 0 fully saturated rings. The molecule has 1 aromatic rings. The average Bonchev–Trinajstić information content (AvgIpc) is 2.53. The Bertz CT molecular complexity index is 708. The van der Waals surface area contributed by atoms with E-state index in [2.05, 4.69) is 6.92 Å². The molecule has 0 spiro atoms. The lowest BCUT2D eigenvalue weighted by atomic mass is 10.1. The van der Waals surface area contributed by atoms with E-state index in [-0.39, 0.29) is 5.56 Å². The summed E-state index contributed by atoms with van der Waals surface area (Å²) in [5.41, 5.74) is -5.75. The van der Waals surface area contributed by atoms with E-state index >= 15 is 0 Å². The van der Waals surface area contributed by atoms with Gasteiger partial charge in [0.2, 0.25) is 0 Å². The molecule has 0 atom stereocenters. The van der Waals surface area contributed by atoms with Crippen LogP contribution < -0.4 is 9.46 Å². The number of carbonyl (C=O) groups is 1. The minimum absolute atomic E-state index is 0.200. The number of rotatable bonds is 10. The molecule has 0 aromatic heterocycles. The molecule has 1 amide bonds. The van der Waals surface area contributed by atoms with Crippen molar-refractivity contribution < 1.29 is 31.1 Å². The SMILES string of the molecule is CCCCCCCCOc1ccc(C(=O)NS(=O)(=O)C(F)(F)F)cc1I. The first-order valence-corrected chi connectivity index (χ1v) is 10.7. The van der Waals surface area contributed by atoms with Gasteiger partial charge in [-0.2, -0.15) is 21.6 Å². The number of carbonyl (C=O) groups excluding carboxylic acids is 1. The first kappa shape index (κ1) is 23.0. The minimum Gasteiger partial charge on any atom is -0.492 e. The van der Waals surface area contributed by atoms with E-state index in [9.17, 15) is 26.4 Å². The Morgan fingerprint density at radius 3 is 2.35 bits per heavy atom. The molecule has 1 rings (SSSR count). The Morgan fingerprint density at radius 1 is 1.15 bits per heavy atom. The number of ether oxygens (including phenoxy) is 1. The molecule has 5 nitrogen and oxygen atoms in total. The Labute approximate surface area is 164 Å². The summed E-state index contributed by atoms with van der Waals surface area (Å²) < 4.78 is 65.9. The molecule has 1 aromatic carbocycles. The van der Waals surface area contributed by atoms with Crippen LogP contribution in [0.2, 0.25) is 0 Å². The smallest absolute Gasteiger partial charge is 0.492 e. The van der Waals surface area contributed by atoms with Gasteiger partial charge in [0.1, 0.15) is 5.75 Å². The molecule has 0 saturated carbocycles. The van der Waals surface area contributed by atoms with E-state index in [0.29, 0.717) is 15.9 Å². The van der Waals surface area contributed by atoms with E-state index in [0.717, 1.165) is 24.0 Å². The lowest BCUT2D eigenvalue weighted by molar-refractivity contribution is -0.0446. The van der Waals surface area contributed by atoms with Gasteiger partial charge in [0.05, 0.1) is 10.2 Å². The van der Waals surface area contributed by atoms with E-state index in [1.54, 1.807) is 0 Å². The van der Waals surface area contributed by atoms with Gasteiger partial charge in [-0.05, 0) is 47.2 Å². The van der Waals surface area contributed by atoms with Crippen molar-refractivity contribution in [3.05, 3.63) is 27.3 Å². The molecule has 1 N–H and O–H groups in total. The fourth-order valence-corrected chi connectivity index (χ4v) is 3.21. The topological polar surface area (TPSA) is 72.5 Å². The third kappa shape index (κ3) is 7.29. The molecule has 0 aliphatic carbocycles. The van der Waals surface area contributed by atoms with Crippen LogP contribution in [0.15, 0.2) is 18.2 Å². The van der Waals surface area contributed by atoms with Crippen molar-refractivity contribution in [1.29, 1.82) is 0 Å². The Morgan fingerprint density at radius 2 is 1.77 bits per heavy atom. The van der Waals surface area contributed by atoms with Crippen molar-refractivity contribution in [3.63, 3.8) is 0 Å². The van der Waals surface area contributed by atoms with Crippen LogP contribution in [0.5, 0.6) is 5.75 Å². The highest BCUT2D eigenvalue weighted by Gasteiger charge is 2.47. The number of hydrogen-bond acceptors (Lipinski definition) is 4. The second-order valence-electron chi connectivity index (χ2n) is 5.64. The molecule has 148 valence electrons. The zero-order valence-corrected chi connectivity index (χ0v) is 17.2. The summed E-state index contributed by atoms with van der Waals surface area (Å²) in [6, 6.07) is 3.94. The summed E-state index contributed by atoms with van der Waals surface area (Å²) in [5, 5.41) is 0. The largest absolute Gasteiger partial charge is 0.516 e.